The third kappa shape index (κ3) is 6.93. The highest BCUT2D eigenvalue weighted by Crippen LogP contribution is 2.33. The fraction of sp³-hybridized carbons (Fsp3) is 0.242. The topological polar surface area (TPSA) is 77.7 Å². The molecule has 2 atom stereocenters. The summed E-state index contributed by atoms with van der Waals surface area (Å²) in [4.78, 5) is 20.7. The van der Waals surface area contributed by atoms with E-state index in [9.17, 15) is 18.0 Å². The molecule has 6 rings (SSSR count). The number of alkyl halides is 3. The summed E-state index contributed by atoms with van der Waals surface area (Å²) in [7, 11) is 0. The average molecular weight is 588 g/mol. The highest BCUT2D eigenvalue weighted by atomic mass is 19.4. The van der Waals surface area contributed by atoms with Gasteiger partial charge in [0.25, 0.3) is 0 Å². The molecule has 1 saturated heterocycles. The van der Waals surface area contributed by atoms with Crippen LogP contribution in [0.3, 0.4) is 0 Å². The van der Waals surface area contributed by atoms with E-state index in [2.05, 4.69) is 15.0 Å². The van der Waals surface area contributed by atoms with Crippen LogP contribution in [0.2, 0.25) is 0 Å². The first-order valence-corrected chi connectivity index (χ1v) is 13.9. The fourth-order valence-corrected chi connectivity index (χ4v) is 5.31. The number of hydrogen-bond donors (Lipinski definition) is 0. The van der Waals surface area contributed by atoms with E-state index < -0.39 is 18.2 Å². The van der Waals surface area contributed by atoms with Crippen LogP contribution >= 0.6 is 0 Å². The number of nitrogens with zero attached hydrogens (tertiary/aromatic N) is 3. The molecular weight excluding hydrogens is 559 g/mol. The highest BCUT2D eigenvalue weighted by molar-refractivity contribution is 5.83. The van der Waals surface area contributed by atoms with E-state index in [-0.39, 0.29) is 25.6 Å². The molecule has 0 radical (unpaired) electrons. The van der Waals surface area contributed by atoms with Crippen molar-refractivity contribution >= 4 is 16.7 Å². The predicted octanol–water partition coefficient (Wildman–Crippen LogP) is 6.88. The van der Waals surface area contributed by atoms with Gasteiger partial charge in [0.1, 0.15) is 0 Å². The average Bonchev–Trinajstić information content (AvgIpc) is 3.49. The van der Waals surface area contributed by atoms with Gasteiger partial charge < -0.3 is 14.1 Å². The van der Waals surface area contributed by atoms with Crippen LogP contribution in [-0.4, -0.2) is 46.5 Å². The van der Waals surface area contributed by atoms with Gasteiger partial charge in [0.2, 0.25) is 11.7 Å². The van der Waals surface area contributed by atoms with Crippen molar-refractivity contribution < 1.29 is 32.1 Å². The highest BCUT2D eigenvalue weighted by Gasteiger charge is 2.44. The number of rotatable bonds is 8. The van der Waals surface area contributed by atoms with Crippen molar-refractivity contribution in [1.29, 1.82) is 0 Å². The summed E-state index contributed by atoms with van der Waals surface area (Å²) in [5.74, 6) is -1.34. The molecule has 5 aromatic rings. The first-order chi connectivity index (χ1) is 20.8. The third-order valence-corrected chi connectivity index (χ3v) is 7.51. The Kier molecular flexibility index (Phi) is 8.22. The lowest BCUT2D eigenvalue weighted by Gasteiger charge is -2.37. The van der Waals surface area contributed by atoms with Crippen LogP contribution in [0.25, 0.3) is 22.2 Å². The molecule has 7 nitrogen and oxygen atoms in total. The summed E-state index contributed by atoms with van der Waals surface area (Å²) in [5.41, 5.74) is 3.75. The number of fused-ring (bicyclic) bond motifs is 1. The minimum atomic E-state index is -5.08. The molecule has 1 aliphatic rings. The quantitative estimate of drug-likeness (QED) is 0.196. The Hall–Kier alpha value is -4.54. The summed E-state index contributed by atoms with van der Waals surface area (Å²) in [6.07, 6.45) is -4.70. The Bertz CT molecular complexity index is 1690. The molecule has 2 unspecified atom stereocenters. The molecule has 220 valence electrons. The monoisotopic (exact) mass is 587 g/mol. The Morgan fingerprint density at radius 3 is 2.40 bits per heavy atom. The van der Waals surface area contributed by atoms with E-state index in [1.54, 1.807) is 0 Å². The van der Waals surface area contributed by atoms with Crippen molar-refractivity contribution in [3.05, 3.63) is 120 Å². The Labute approximate surface area is 245 Å². The largest absolute Gasteiger partial charge is 0.492 e. The van der Waals surface area contributed by atoms with Crippen LogP contribution in [0.4, 0.5) is 13.2 Å². The van der Waals surface area contributed by atoms with Gasteiger partial charge in [-0.15, -0.1) is 5.06 Å². The summed E-state index contributed by atoms with van der Waals surface area (Å²) >= 11 is 0. The van der Waals surface area contributed by atoms with E-state index in [1.165, 1.54) is 0 Å². The Morgan fingerprint density at radius 1 is 0.907 bits per heavy atom. The summed E-state index contributed by atoms with van der Waals surface area (Å²) in [6.45, 7) is 0.409. The number of carbonyl (C=O) groups excluding carboxylic acids is 1. The van der Waals surface area contributed by atoms with Gasteiger partial charge in [0.05, 0.1) is 25.7 Å². The van der Waals surface area contributed by atoms with E-state index in [0.29, 0.717) is 24.6 Å². The van der Waals surface area contributed by atoms with Gasteiger partial charge in [-0.3, -0.25) is 0 Å². The van der Waals surface area contributed by atoms with Gasteiger partial charge >= 0.3 is 12.1 Å². The first-order valence-electron chi connectivity index (χ1n) is 13.9. The van der Waals surface area contributed by atoms with E-state index in [0.717, 1.165) is 38.1 Å². The zero-order valence-electron chi connectivity index (χ0n) is 23.0. The van der Waals surface area contributed by atoms with Crippen molar-refractivity contribution in [3.8, 4) is 11.4 Å². The number of halogens is 3. The fourth-order valence-electron chi connectivity index (χ4n) is 5.31. The lowest BCUT2D eigenvalue weighted by molar-refractivity contribution is -0.248. The van der Waals surface area contributed by atoms with E-state index in [1.807, 2.05) is 97.1 Å². The van der Waals surface area contributed by atoms with Crippen molar-refractivity contribution in [2.75, 3.05) is 13.1 Å². The molecule has 2 heterocycles. The summed E-state index contributed by atoms with van der Waals surface area (Å²) in [6, 6.07) is 31.5. The van der Waals surface area contributed by atoms with Crippen molar-refractivity contribution in [1.82, 2.24) is 15.2 Å². The maximum absolute atomic E-state index is 12.9. The Morgan fingerprint density at radius 2 is 1.63 bits per heavy atom. The molecule has 1 aromatic heterocycles. The van der Waals surface area contributed by atoms with Gasteiger partial charge in [-0.1, -0.05) is 96.2 Å². The molecule has 0 saturated carbocycles. The maximum atomic E-state index is 12.9. The first kappa shape index (κ1) is 28.6. The summed E-state index contributed by atoms with van der Waals surface area (Å²) in [5, 5.41) is 7.29. The molecule has 0 aliphatic carbocycles. The van der Waals surface area contributed by atoms with Crippen LogP contribution in [-0.2, 0) is 27.4 Å². The summed E-state index contributed by atoms with van der Waals surface area (Å²) < 4.78 is 50.4. The second-order valence-electron chi connectivity index (χ2n) is 10.5. The molecule has 10 heteroatoms. The second-order valence-corrected chi connectivity index (χ2v) is 10.5. The van der Waals surface area contributed by atoms with Crippen LogP contribution in [0, 0.1) is 0 Å². The number of piperidine rings is 1. The molecule has 1 aliphatic heterocycles. The number of benzene rings is 4. The van der Waals surface area contributed by atoms with Gasteiger partial charge in [-0.2, -0.15) is 18.2 Å². The number of carbonyl (C=O) groups is 1. The van der Waals surface area contributed by atoms with Gasteiger partial charge in [-0.25, -0.2) is 4.79 Å². The number of hydrogen-bond acceptors (Lipinski definition) is 7. The van der Waals surface area contributed by atoms with Crippen molar-refractivity contribution in [3.63, 3.8) is 0 Å². The second kappa shape index (κ2) is 12.4. The van der Waals surface area contributed by atoms with Crippen LogP contribution in [0.5, 0.6) is 0 Å². The van der Waals surface area contributed by atoms with Crippen LogP contribution in [0.1, 0.15) is 34.9 Å². The molecule has 43 heavy (non-hydrogen) atoms. The number of ether oxygens (including phenoxy) is 1. The lowest BCUT2D eigenvalue weighted by atomic mass is 9.87. The van der Waals surface area contributed by atoms with Crippen molar-refractivity contribution in [2.24, 2.45) is 0 Å². The predicted molar refractivity (Wildman–Crippen MR) is 153 cm³/mol. The molecule has 0 spiro atoms. The minimum absolute atomic E-state index is 0.00602. The smallest absolute Gasteiger partial charge is 0.371 e. The van der Waals surface area contributed by atoms with Gasteiger partial charge in [0.15, 0.2) is 0 Å². The molecular formula is C33H28F3N3O4. The molecule has 0 bridgehead atoms. The van der Waals surface area contributed by atoms with Gasteiger partial charge in [0, 0.05) is 18.0 Å². The third-order valence-electron chi connectivity index (χ3n) is 7.51. The molecule has 0 N–H and O–H groups in total. The molecule has 0 amide bonds. The standard InChI is InChI=1S/C33H28F3N3O4/c34-33(35,36)32(40)43-39-17-16-28(29(20-39)41-21-23-12-13-24-6-4-5-9-27(24)18-23)25-14-10-22(11-15-25)19-30-37-31(38-42-30)26-7-2-1-3-8-26/h1-15,18,28-29H,16-17,19-21H2. The number of hydroxylamine groups is 2. The van der Waals surface area contributed by atoms with Gasteiger partial charge in [-0.05, 0) is 39.9 Å². The zero-order chi connectivity index (χ0) is 29.8. The lowest BCUT2D eigenvalue weighted by Crippen LogP contribution is -2.46. The number of aromatic nitrogens is 2. The van der Waals surface area contributed by atoms with E-state index in [4.69, 9.17) is 9.26 Å². The SMILES string of the molecule is O=C(ON1CCC(c2ccc(Cc3nc(-c4ccccc4)no3)cc2)C(OCc2ccc3ccccc3c2)C1)C(F)(F)F. The zero-order valence-corrected chi connectivity index (χ0v) is 23.0. The Balaban J connectivity index is 1.16. The maximum Gasteiger partial charge on any atom is 0.492 e. The van der Waals surface area contributed by atoms with Crippen LogP contribution < -0.4 is 0 Å². The molecule has 1 fully saturated rings. The van der Waals surface area contributed by atoms with Crippen molar-refractivity contribution in [2.45, 2.75) is 37.6 Å². The van der Waals surface area contributed by atoms with E-state index >= 15 is 0 Å². The molecule has 4 aromatic carbocycles. The normalized spacial score (nSPS) is 17.7. The van der Waals surface area contributed by atoms with Crippen LogP contribution in [0.15, 0.2) is 102 Å². The minimum Gasteiger partial charge on any atom is -0.371 e.